The van der Waals surface area contributed by atoms with Gasteiger partial charge in [-0.1, -0.05) is 133 Å². The van der Waals surface area contributed by atoms with Crippen molar-refractivity contribution in [2.75, 3.05) is 0 Å². The molecule has 0 radical (unpaired) electrons. The molecule has 0 saturated carbocycles. The molecule has 0 spiro atoms. The molecule has 6 nitrogen and oxygen atoms in total. The van der Waals surface area contributed by atoms with Crippen LogP contribution in [0.2, 0.25) is 0 Å². The third-order valence-corrected chi connectivity index (χ3v) is 11.5. The maximum Gasteiger partial charge on any atom is 0.227 e. The van der Waals surface area contributed by atoms with Crippen molar-refractivity contribution in [2.24, 2.45) is 0 Å². The van der Waals surface area contributed by atoms with E-state index in [9.17, 15) is 0 Å². The van der Waals surface area contributed by atoms with E-state index in [1.54, 1.807) is 6.20 Å². The van der Waals surface area contributed by atoms with Crippen molar-refractivity contribution in [2.45, 2.75) is 52.4 Å². The van der Waals surface area contributed by atoms with E-state index in [0.29, 0.717) is 11.8 Å². The smallest absolute Gasteiger partial charge is 0.227 e. The molecule has 6 heteroatoms. The average molecular weight is 807 g/mol. The molecule has 0 bridgehead atoms. The van der Waals surface area contributed by atoms with Crippen molar-refractivity contribution in [1.29, 1.82) is 0 Å². The van der Waals surface area contributed by atoms with E-state index in [1.807, 2.05) is 42.5 Å². The lowest BCUT2D eigenvalue weighted by Crippen LogP contribution is -2.21. The van der Waals surface area contributed by atoms with Crippen LogP contribution in [0.3, 0.4) is 0 Å². The van der Waals surface area contributed by atoms with Gasteiger partial charge in [-0.25, -0.2) is 15.0 Å². The number of benzene rings is 6. The molecule has 0 aliphatic rings. The molecule has 10 aromatic rings. The van der Waals surface area contributed by atoms with Gasteiger partial charge in [-0.05, 0) is 123 Å². The van der Waals surface area contributed by atoms with Crippen LogP contribution in [0.25, 0.3) is 101 Å². The molecule has 0 N–H and O–H groups in total. The Kier molecular flexibility index (Phi) is 9.52. The van der Waals surface area contributed by atoms with Crippen molar-refractivity contribution in [3.8, 4) is 78.9 Å². The number of oxazole rings is 2. The first-order valence-corrected chi connectivity index (χ1v) is 21.1. The molecule has 62 heavy (non-hydrogen) atoms. The molecule has 0 atom stereocenters. The molecule has 0 aliphatic heterocycles. The van der Waals surface area contributed by atoms with E-state index in [-0.39, 0.29) is 10.8 Å². The van der Waals surface area contributed by atoms with E-state index < -0.39 is 0 Å². The molecular weight excluding hydrogens is 761 g/mol. The number of para-hydroxylation sites is 2. The Bertz CT molecular complexity index is 3120. The summed E-state index contributed by atoms with van der Waals surface area (Å²) in [4.78, 5) is 19.4. The minimum absolute atomic E-state index is 0.0101. The topological polar surface area (TPSA) is 77.8 Å². The van der Waals surface area contributed by atoms with Gasteiger partial charge in [0.2, 0.25) is 11.8 Å². The summed E-state index contributed by atoms with van der Waals surface area (Å²) in [5, 5.41) is 0. The third kappa shape index (κ3) is 7.49. The Hall–Kier alpha value is -7.44. The van der Waals surface area contributed by atoms with Gasteiger partial charge in [-0.15, -0.1) is 0 Å². The lowest BCUT2D eigenvalue weighted by atomic mass is 9.75. The molecule has 4 heterocycles. The van der Waals surface area contributed by atoms with E-state index in [2.05, 4.69) is 173 Å². The first-order chi connectivity index (χ1) is 29.9. The summed E-state index contributed by atoms with van der Waals surface area (Å²) in [5.74, 6) is 1.25. The molecule has 302 valence electrons. The van der Waals surface area contributed by atoms with Crippen molar-refractivity contribution in [3.63, 3.8) is 0 Å². The average Bonchev–Trinajstić information content (AvgIpc) is 3.93. The minimum atomic E-state index is -0.0162. The number of aromatic nitrogens is 4. The van der Waals surface area contributed by atoms with Gasteiger partial charge in [0.05, 0.1) is 17.1 Å². The predicted molar refractivity (Wildman–Crippen MR) is 253 cm³/mol. The highest BCUT2D eigenvalue weighted by Crippen LogP contribution is 2.39. The van der Waals surface area contributed by atoms with Gasteiger partial charge in [0, 0.05) is 28.5 Å². The van der Waals surface area contributed by atoms with Crippen LogP contribution in [0, 0.1) is 0 Å². The Morgan fingerprint density at radius 3 is 1.40 bits per heavy atom. The first kappa shape index (κ1) is 38.7. The Morgan fingerprint density at radius 1 is 0.371 bits per heavy atom. The van der Waals surface area contributed by atoms with E-state index in [1.165, 1.54) is 11.1 Å². The van der Waals surface area contributed by atoms with Crippen molar-refractivity contribution >= 4 is 22.2 Å². The lowest BCUT2D eigenvalue weighted by Gasteiger charge is -2.29. The number of hydrogen-bond donors (Lipinski definition) is 0. The van der Waals surface area contributed by atoms with Crippen molar-refractivity contribution < 1.29 is 8.83 Å². The van der Waals surface area contributed by atoms with Gasteiger partial charge >= 0.3 is 0 Å². The Morgan fingerprint density at radius 2 is 0.855 bits per heavy atom. The molecule has 0 fully saturated rings. The highest BCUT2D eigenvalue weighted by atomic mass is 16.4. The number of pyridine rings is 2. The second-order valence-electron chi connectivity index (χ2n) is 18.0. The van der Waals surface area contributed by atoms with Crippen LogP contribution in [0.15, 0.2) is 179 Å². The van der Waals surface area contributed by atoms with Crippen LogP contribution >= 0.6 is 0 Å². The standard InChI is InChI=1S/C56H46N4O2/c1-55(2,3)44-33-49-51(34-45(44)56(4,5)6)62-54(60-49)42-28-20-38(21-29-42)36-16-24-40(25-17-36)52-43(30-31-47(58-52)46-11-9-10-32-57-46)39-22-14-35(15-23-39)37-18-26-41(27-19-37)53-59-48-12-7-8-13-50(48)61-53/h7-34H,1-6H3. The minimum Gasteiger partial charge on any atom is -0.436 e. The predicted octanol–water partition coefficient (Wildman–Crippen LogP) is 15.0. The molecule has 4 aromatic heterocycles. The van der Waals surface area contributed by atoms with E-state index in [0.717, 1.165) is 89.4 Å². The summed E-state index contributed by atoms with van der Waals surface area (Å²) in [5.41, 5.74) is 17.9. The summed E-state index contributed by atoms with van der Waals surface area (Å²) in [6, 6.07) is 56.5. The van der Waals surface area contributed by atoms with Crippen LogP contribution in [0.1, 0.15) is 52.7 Å². The van der Waals surface area contributed by atoms with Crippen molar-refractivity contribution in [3.05, 3.63) is 181 Å². The van der Waals surface area contributed by atoms with Crippen LogP contribution in [-0.2, 0) is 10.8 Å². The number of rotatable bonds is 7. The SMILES string of the molecule is CC(C)(C)c1cc2nc(-c3ccc(-c4ccc(-c5nc(-c6ccccn6)ccc5-c5ccc(-c6ccc(-c7nc8ccccc8o7)cc6)cc5)cc4)cc3)oc2cc1C(C)(C)C. The summed E-state index contributed by atoms with van der Waals surface area (Å²) in [6.07, 6.45) is 1.80. The fourth-order valence-corrected chi connectivity index (χ4v) is 8.18. The maximum absolute atomic E-state index is 6.39. The molecule has 6 aromatic carbocycles. The normalized spacial score (nSPS) is 12.0. The first-order valence-electron chi connectivity index (χ1n) is 21.1. The summed E-state index contributed by atoms with van der Waals surface area (Å²) < 4.78 is 12.4. The van der Waals surface area contributed by atoms with Gasteiger partial charge in [0.1, 0.15) is 11.0 Å². The molecule has 0 unspecified atom stereocenters. The highest BCUT2D eigenvalue weighted by molar-refractivity contribution is 5.85. The van der Waals surface area contributed by atoms with E-state index >= 15 is 0 Å². The van der Waals surface area contributed by atoms with Gasteiger partial charge < -0.3 is 8.83 Å². The molecule has 0 saturated heterocycles. The zero-order valence-corrected chi connectivity index (χ0v) is 35.8. The summed E-state index contributed by atoms with van der Waals surface area (Å²) in [7, 11) is 0. The quantitative estimate of drug-likeness (QED) is 0.160. The zero-order chi connectivity index (χ0) is 42.6. The fourth-order valence-electron chi connectivity index (χ4n) is 8.18. The van der Waals surface area contributed by atoms with Crippen molar-refractivity contribution in [1.82, 2.24) is 19.9 Å². The third-order valence-electron chi connectivity index (χ3n) is 11.5. The lowest BCUT2D eigenvalue weighted by molar-refractivity contribution is 0.529. The van der Waals surface area contributed by atoms with Crippen LogP contribution < -0.4 is 0 Å². The summed E-state index contributed by atoms with van der Waals surface area (Å²) >= 11 is 0. The summed E-state index contributed by atoms with van der Waals surface area (Å²) in [6.45, 7) is 13.5. The largest absolute Gasteiger partial charge is 0.436 e. The van der Waals surface area contributed by atoms with Gasteiger partial charge in [-0.2, -0.15) is 0 Å². The van der Waals surface area contributed by atoms with Crippen LogP contribution in [0.5, 0.6) is 0 Å². The van der Waals surface area contributed by atoms with Gasteiger partial charge in [0.15, 0.2) is 11.2 Å². The molecule has 10 rings (SSSR count). The number of nitrogens with zero attached hydrogens (tertiary/aromatic N) is 4. The highest BCUT2D eigenvalue weighted by Gasteiger charge is 2.27. The number of hydrogen-bond acceptors (Lipinski definition) is 6. The second-order valence-corrected chi connectivity index (χ2v) is 18.0. The molecular formula is C56H46N4O2. The van der Waals surface area contributed by atoms with Gasteiger partial charge in [-0.3, -0.25) is 4.98 Å². The maximum atomic E-state index is 6.39. The fraction of sp³-hybridized carbons (Fsp3) is 0.143. The number of fused-ring (bicyclic) bond motifs is 2. The zero-order valence-electron chi connectivity index (χ0n) is 35.8. The monoisotopic (exact) mass is 806 g/mol. The van der Waals surface area contributed by atoms with Gasteiger partial charge in [0.25, 0.3) is 0 Å². The van der Waals surface area contributed by atoms with Crippen LogP contribution in [0.4, 0.5) is 0 Å². The Labute approximate surface area is 362 Å². The van der Waals surface area contributed by atoms with Crippen LogP contribution in [-0.4, -0.2) is 19.9 Å². The van der Waals surface area contributed by atoms with E-state index in [4.69, 9.17) is 18.8 Å². The second kappa shape index (κ2) is 15.2. The Balaban J connectivity index is 0.927. The molecule has 0 aliphatic carbocycles. The molecule has 0 amide bonds.